The van der Waals surface area contributed by atoms with Crippen LogP contribution >= 0.6 is 0 Å². The molecule has 102 valence electrons. The van der Waals surface area contributed by atoms with Gasteiger partial charge in [0.05, 0.1) is 12.8 Å². The third-order valence-corrected chi connectivity index (χ3v) is 3.84. The molecule has 0 bridgehead atoms. The van der Waals surface area contributed by atoms with Gasteiger partial charge in [0.2, 0.25) is 0 Å². The van der Waals surface area contributed by atoms with Gasteiger partial charge in [0.1, 0.15) is 5.76 Å². The van der Waals surface area contributed by atoms with E-state index in [9.17, 15) is 0 Å². The Kier molecular flexibility index (Phi) is 4.40. The van der Waals surface area contributed by atoms with Gasteiger partial charge in [-0.15, -0.1) is 0 Å². The predicted octanol–water partition coefficient (Wildman–Crippen LogP) is 2.04. The van der Waals surface area contributed by atoms with E-state index in [1.54, 1.807) is 6.20 Å². The minimum Gasteiger partial charge on any atom is -0.445 e. The van der Waals surface area contributed by atoms with Gasteiger partial charge in [-0.3, -0.25) is 0 Å². The molecule has 0 radical (unpaired) electrons. The summed E-state index contributed by atoms with van der Waals surface area (Å²) in [6, 6.07) is 0.629. The molecule has 1 aliphatic rings. The third-order valence-electron chi connectivity index (χ3n) is 3.84. The molecular weight excluding hydrogens is 228 g/mol. The summed E-state index contributed by atoms with van der Waals surface area (Å²) in [5.74, 6) is 2.32. The molecule has 18 heavy (non-hydrogen) atoms. The number of likely N-dealkylation sites (tertiary alicyclic amines) is 1. The molecule has 4 heteroatoms. The van der Waals surface area contributed by atoms with Gasteiger partial charge in [0.15, 0.2) is 5.89 Å². The number of aliphatic hydroxyl groups excluding tert-OH is 1. The maximum atomic E-state index is 9.08. The molecule has 0 saturated carbocycles. The van der Waals surface area contributed by atoms with Crippen molar-refractivity contribution in [2.45, 2.75) is 45.6 Å². The highest BCUT2D eigenvalue weighted by Gasteiger charge is 2.25. The monoisotopic (exact) mass is 252 g/mol. The van der Waals surface area contributed by atoms with Crippen molar-refractivity contribution in [2.75, 3.05) is 19.7 Å². The van der Waals surface area contributed by atoms with Gasteiger partial charge in [-0.05, 0) is 32.7 Å². The SMILES string of the molecule is CC(CO)c1cnc(CC2CCN(C(C)C)C2)o1. The number of oxazole rings is 1. The van der Waals surface area contributed by atoms with E-state index in [2.05, 4.69) is 23.7 Å². The first-order valence-corrected chi connectivity index (χ1v) is 6.89. The summed E-state index contributed by atoms with van der Waals surface area (Å²) in [7, 11) is 0. The first-order valence-electron chi connectivity index (χ1n) is 6.89. The van der Waals surface area contributed by atoms with Crippen molar-refractivity contribution in [2.24, 2.45) is 5.92 Å². The summed E-state index contributed by atoms with van der Waals surface area (Å²) >= 11 is 0. The highest BCUT2D eigenvalue weighted by molar-refractivity contribution is 5.01. The summed E-state index contributed by atoms with van der Waals surface area (Å²) in [4.78, 5) is 6.83. The molecular formula is C14H24N2O2. The van der Waals surface area contributed by atoms with Crippen molar-refractivity contribution in [3.05, 3.63) is 17.8 Å². The average molecular weight is 252 g/mol. The van der Waals surface area contributed by atoms with Crippen LogP contribution in [-0.4, -0.2) is 40.7 Å². The van der Waals surface area contributed by atoms with E-state index in [-0.39, 0.29) is 12.5 Å². The van der Waals surface area contributed by atoms with Crippen LogP contribution in [0.3, 0.4) is 0 Å². The lowest BCUT2D eigenvalue weighted by Gasteiger charge is -2.19. The molecule has 2 atom stereocenters. The highest BCUT2D eigenvalue weighted by atomic mass is 16.4. The minimum atomic E-state index is 0.0435. The van der Waals surface area contributed by atoms with Gasteiger partial charge in [0.25, 0.3) is 0 Å². The van der Waals surface area contributed by atoms with Crippen molar-refractivity contribution in [1.82, 2.24) is 9.88 Å². The standard InChI is InChI=1S/C14H24N2O2/c1-10(2)16-5-4-12(8-16)6-14-15-7-13(18-14)11(3)9-17/h7,10-12,17H,4-6,8-9H2,1-3H3. The lowest BCUT2D eigenvalue weighted by molar-refractivity contribution is 0.251. The van der Waals surface area contributed by atoms with Crippen LogP contribution in [0, 0.1) is 5.92 Å². The lowest BCUT2D eigenvalue weighted by Crippen LogP contribution is -2.28. The Balaban J connectivity index is 1.89. The number of aromatic nitrogens is 1. The Labute approximate surface area is 109 Å². The molecule has 0 aromatic carbocycles. The fraction of sp³-hybridized carbons (Fsp3) is 0.786. The van der Waals surface area contributed by atoms with E-state index in [1.165, 1.54) is 13.0 Å². The fourth-order valence-electron chi connectivity index (χ4n) is 2.48. The third kappa shape index (κ3) is 3.12. The highest BCUT2D eigenvalue weighted by Crippen LogP contribution is 2.23. The number of hydrogen-bond acceptors (Lipinski definition) is 4. The van der Waals surface area contributed by atoms with E-state index in [1.807, 2.05) is 6.92 Å². The second-order valence-electron chi connectivity index (χ2n) is 5.69. The van der Waals surface area contributed by atoms with Crippen LogP contribution < -0.4 is 0 Å². The first kappa shape index (κ1) is 13.6. The minimum absolute atomic E-state index is 0.0435. The molecule has 1 aromatic rings. The topological polar surface area (TPSA) is 49.5 Å². The van der Waals surface area contributed by atoms with Crippen molar-refractivity contribution in [3.8, 4) is 0 Å². The van der Waals surface area contributed by atoms with Crippen LogP contribution in [0.1, 0.15) is 44.8 Å². The smallest absolute Gasteiger partial charge is 0.194 e. The van der Waals surface area contributed by atoms with Gasteiger partial charge in [-0.25, -0.2) is 4.98 Å². The molecule has 1 saturated heterocycles. The summed E-state index contributed by atoms with van der Waals surface area (Å²) in [5.41, 5.74) is 0. The van der Waals surface area contributed by atoms with E-state index >= 15 is 0 Å². The van der Waals surface area contributed by atoms with E-state index < -0.39 is 0 Å². The molecule has 2 rings (SSSR count). The van der Waals surface area contributed by atoms with Gasteiger partial charge >= 0.3 is 0 Å². The van der Waals surface area contributed by atoms with E-state index in [0.29, 0.717) is 12.0 Å². The Bertz CT molecular complexity index is 376. The molecule has 2 heterocycles. The number of nitrogens with zero attached hydrogens (tertiary/aromatic N) is 2. The molecule has 1 N–H and O–H groups in total. The Morgan fingerprint density at radius 3 is 2.89 bits per heavy atom. The normalized spacial score (nSPS) is 22.8. The molecule has 1 aromatic heterocycles. The van der Waals surface area contributed by atoms with Crippen molar-refractivity contribution >= 4 is 0 Å². The fourth-order valence-corrected chi connectivity index (χ4v) is 2.48. The van der Waals surface area contributed by atoms with Crippen LogP contribution in [0.15, 0.2) is 10.6 Å². The van der Waals surface area contributed by atoms with Gasteiger partial charge in [-0.1, -0.05) is 6.92 Å². The number of rotatable bonds is 5. The Hall–Kier alpha value is -0.870. The second kappa shape index (κ2) is 5.85. The zero-order valence-corrected chi connectivity index (χ0v) is 11.6. The largest absolute Gasteiger partial charge is 0.445 e. The second-order valence-corrected chi connectivity index (χ2v) is 5.69. The predicted molar refractivity (Wildman–Crippen MR) is 70.5 cm³/mol. The van der Waals surface area contributed by atoms with Crippen LogP contribution in [0.2, 0.25) is 0 Å². The van der Waals surface area contributed by atoms with E-state index in [0.717, 1.165) is 24.6 Å². The summed E-state index contributed by atoms with van der Waals surface area (Å²) in [6.45, 7) is 8.87. The molecule has 4 nitrogen and oxygen atoms in total. The number of hydrogen-bond donors (Lipinski definition) is 1. The molecule has 0 spiro atoms. The van der Waals surface area contributed by atoms with E-state index in [4.69, 9.17) is 9.52 Å². The van der Waals surface area contributed by atoms with Crippen molar-refractivity contribution in [1.29, 1.82) is 0 Å². The quantitative estimate of drug-likeness (QED) is 0.871. The maximum Gasteiger partial charge on any atom is 0.194 e. The first-order chi connectivity index (χ1) is 8.60. The summed E-state index contributed by atoms with van der Waals surface area (Å²) in [5, 5.41) is 9.08. The molecule has 1 fully saturated rings. The zero-order valence-electron chi connectivity index (χ0n) is 11.6. The summed E-state index contributed by atoms with van der Waals surface area (Å²) in [6.07, 6.45) is 3.90. The van der Waals surface area contributed by atoms with Crippen LogP contribution in [0.4, 0.5) is 0 Å². The molecule has 0 amide bonds. The van der Waals surface area contributed by atoms with Crippen LogP contribution in [0.25, 0.3) is 0 Å². The molecule has 1 aliphatic heterocycles. The lowest BCUT2D eigenvalue weighted by atomic mass is 10.1. The molecule has 2 unspecified atom stereocenters. The maximum absolute atomic E-state index is 9.08. The van der Waals surface area contributed by atoms with Gasteiger partial charge < -0.3 is 14.4 Å². The molecule has 0 aliphatic carbocycles. The van der Waals surface area contributed by atoms with Gasteiger partial charge in [0, 0.05) is 24.9 Å². The van der Waals surface area contributed by atoms with Crippen molar-refractivity contribution in [3.63, 3.8) is 0 Å². The average Bonchev–Trinajstić information content (AvgIpc) is 2.98. The summed E-state index contributed by atoms with van der Waals surface area (Å²) < 4.78 is 5.70. The zero-order chi connectivity index (χ0) is 13.1. The van der Waals surface area contributed by atoms with Gasteiger partial charge in [-0.2, -0.15) is 0 Å². The number of aliphatic hydroxyl groups is 1. The Morgan fingerprint density at radius 1 is 1.50 bits per heavy atom. The van der Waals surface area contributed by atoms with Crippen molar-refractivity contribution < 1.29 is 9.52 Å². The van der Waals surface area contributed by atoms with Crippen LogP contribution in [-0.2, 0) is 6.42 Å². The van der Waals surface area contributed by atoms with Crippen LogP contribution in [0.5, 0.6) is 0 Å². The Morgan fingerprint density at radius 2 is 2.28 bits per heavy atom.